The molecule has 0 unspecified atom stereocenters. The first kappa shape index (κ1) is 16.0. The second-order valence-electron chi connectivity index (χ2n) is 4.53. The number of anilines is 1. The second-order valence-corrected chi connectivity index (χ2v) is 5.44. The molecule has 1 rings (SSSR count). The van der Waals surface area contributed by atoms with E-state index >= 15 is 0 Å². The van der Waals surface area contributed by atoms with Crippen molar-refractivity contribution in [3.05, 3.63) is 27.7 Å². The molecule has 0 saturated heterocycles. The highest BCUT2D eigenvalue weighted by atomic mass is 79.9. The van der Waals surface area contributed by atoms with Gasteiger partial charge in [-0.1, -0.05) is 50.5 Å². The lowest BCUT2D eigenvalue weighted by Crippen LogP contribution is -2.19. The number of carbonyl (C=O) groups is 1. The van der Waals surface area contributed by atoms with Crippen LogP contribution >= 0.6 is 15.9 Å². The summed E-state index contributed by atoms with van der Waals surface area (Å²) in [5, 5.41) is 0. The van der Waals surface area contributed by atoms with E-state index in [9.17, 15) is 4.79 Å². The Morgan fingerprint density at radius 1 is 1.24 bits per heavy atom. The van der Waals surface area contributed by atoms with Gasteiger partial charge in [-0.15, -0.1) is 0 Å². The van der Waals surface area contributed by atoms with E-state index in [2.05, 4.69) is 15.9 Å². The molecule has 0 fully saturated rings. The van der Waals surface area contributed by atoms with Gasteiger partial charge in [-0.05, 0) is 23.1 Å². The van der Waals surface area contributed by atoms with E-state index in [0.717, 1.165) is 10.0 Å². The van der Waals surface area contributed by atoms with Crippen LogP contribution in [0.15, 0.2) is 16.6 Å². The van der Waals surface area contributed by atoms with E-state index in [0.29, 0.717) is 11.3 Å². The topological polar surface area (TPSA) is 69.1 Å². The van der Waals surface area contributed by atoms with E-state index in [1.165, 1.54) is 0 Å². The average molecular weight is 301 g/mol. The molecule has 0 aliphatic rings. The van der Waals surface area contributed by atoms with Gasteiger partial charge in [0.05, 0.1) is 5.56 Å². The molecule has 0 aliphatic heterocycles. The van der Waals surface area contributed by atoms with Gasteiger partial charge in [-0.2, -0.15) is 0 Å². The Morgan fingerprint density at radius 2 is 1.71 bits per heavy atom. The Hall–Kier alpha value is -1.03. The maximum absolute atomic E-state index is 11.2. The predicted octanol–water partition coefficient (Wildman–Crippen LogP) is 3.45. The van der Waals surface area contributed by atoms with Crippen molar-refractivity contribution in [2.24, 2.45) is 5.73 Å². The van der Waals surface area contributed by atoms with E-state index in [-0.39, 0.29) is 5.41 Å². The van der Waals surface area contributed by atoms with E-state index < -0.39 is 5.91 Å². The van der Waals surface area contributed by atoms with Crippen molar-refractivity contribution in [3.8, 4) is 0 Å². The largest absolute Gasteiger partial charge is 0.398 e. The lowest BCUT2D eigenvalue weighted by molar-refractivity contribution is 0.100. The molecule has 1 aromatic carbocycles. The van der Waals surface area contributed by atoms with Gasteiger partial charge >= 0.3 is 0 Å². The zero-order valence-corrected chi connectivity index (χ0v) is 12.7. The van der Waals surface area contributed by atoms with Crippen molar-refractivity contribution in [3.63, 3.8) is 0 Å². The van der Waals surface area contributed by atoms with Crippen LogP contribution in [0.25, 0.3) is 0 Å². The first-order chi connectivity index (χ1) is 7.73. The van der Waals surface area contributed by atoms with Crippen LogP contribution in [-0.4, -0.2) is 5.91 Å². The van der Waals surface area contributed by atoms with Crippen LogP contribution in [0.4, 0.5) is 5.69 Å². The number of nitrogens with two attached hydrogens (primary N) is 2. The number of carbonyl (C=O) groups excluding carboxylic acids is 1. The fourth-order valence-electron chi connectivity index (χ4n) is 1.44. The first-order valence-corrected chi connectivity index (χ1v) is 6.42. The molecule has 0 atom stereocenters. The van der Waals surface area contributed by atoms with Crippen LogP contribution in [0.3, 0.4) is 0 Å². The maximum Gasteiger partial charge on any atom is 0.250 e. The third-order valence-corrected chi connectivity index (χ3v) is 2.68. The maximum atomic E-state index is 11.2. The molecule has 0 aromatic heterocycles. The molecule has 4 heteroatoms. The third-order valence-electron chi connectivity index (χ3n) is 2.22. The number of primary amides is 1. The Bertz CT molecular complexity index is 409. The van der Waals surface area contributed by atoms with Crippen LogP contribution in [0.1, 0.15) is 50.5 Å². The summed E-state index contributed by atoms with van der Waals surface area (Å²) >= 11 is 3.34. The number of benzene rings is 1. The number of hydrogen-bond donors (Lipinski definition) is 2. The first-order valence-electron chi connectivity index (χ1n) is 5.63. The van der Waals surface area contributed by atoms with Crippen LogP contribution in [-0.2, 0) is 5.41 Å². The minimum absolute atomic E-state index is 0.113. The lowest BCUT2D eigenvalue weighted by Gasteiger charge is -2.22. The summed E-state index contributed by atoms with van der Waals surface area (Å²) in [5.41, 5.74) is 12.8. The van der Waals surface area contributed by atoms with Crippen molar-refractivity contribution in [1.82, 2.24) is 0 Å². The minimum Gasteiger partial charge on any atom is -0.398 e. The van der Waals surface area contributed by atoms with Crippen LogP contribution in [0, 0.1) is 0 Å². The number of halogens is 1. The molecule has 1 aromatic rings. The highest BCUT2D eigenvalue weighted by molar-refractivity contribution is 9.10. The normalized spacial score (nSPS) is 10.5. The third kappa shape index (κ3) is 4.04. The van der Waals surface area contributed by atoms with Crippen LogP contribution < -0.4 is 11.5 Å². The Balaban J connectivity index is 0.00000121. The van der Waals surface area contributed by atoms with Gasteiger partial charge in [0.2, 0.25) is 0 Å². The quantitative estimate of drug-likeness (QED) is 0.780. The van der Waals surface area contributed by atoms with Gasteiger partial charge in [0, 0.05) is 10.2 Å². The highest BCUT2D eigenvalue weighted by Crippen LogP contribution is 2.32. The summed E-state index contributed by atoms with van der Waals surface area (Å²) in [5.74, 6) is -0.501. The van der Waals surface area contributed by atoms with Crippen molar-refractivity contribution >= 4 is 27.5 Å². The number of nitrogen functional groups attached to an aromatic ring is 1. The fraction of sp³-hybridized carbons (Fsp3) is 0.462. The molecule has 0 spiro atoms. The molecule has 96 valence electrons. The summed E-state index contributed by atoms with van der Waals surface area (Å²) in [6.45, 7) is 10.1. The fourth-order valence-corrected chi connectivity index (χ4v) is 1.90. The summed E-state index contributed by atoms with van der Waals surface area (Å²) in [6.07, 6.45) is 0. The van der Waals surface area contributed by atoms with E-state index in [1.807, 2.05) is 40.7 Å². The summed E-state index contributed by atoms with van der Waals surface area (Å²) in [6, 6.07) is 3.56. The van der Waals surface area contributed by atoms with Gasteiger partial charge in [0.15, 0.2) is 0 Å². The molecular weight excluding hydrogens is 280 g/mol. The van der Waals surface area contributed by atoms with Crippen molar-refractivity contribution < 1.29 is 4.79 Å². The molecule has 4 N–H and O–H groups in total. The molecule has 0 heterocycles. The molecule has 17 heavy (non-hydrogen) atoms. The standard InChI is InChI=1S/C11H15BrN2O.C2H6/c1-11(2,3)8-5-6(12)4-7(9(8)13)10(14)15;1-2/h4-5H,13H2,1-3H3,(H2,14,15);1-2H3. The zero-order chi connectivity index (χ0) is 13.8. The van der Waals surface area contributed by atoms with Crippen molar-refractivity contribution in [2.75, 3.05) is 5.73 Å². The molecule has 0 bridgehead atoms. The second kappa shape index (κ2) is 6.05. The number of rotatable bonds is 1. The van der Waals surface area contributed by atoms with E-state index in [4.69, 9.17) is 11.5 Å². The average Bonchev–Trinajstić information content (AvgIpc) is 2.22. The zero-order valence-electron chi connectivity index (χ0n) is 11.1. The van der Waals surface area contributed by atoms with Gasteiger partial charge in [0.25, 0.3) is 5.91 Å². The molecule has 0 saturated carbocycles. The summed E-state index contributed by atoms with van der Waals surface area (Å²) in [7, 11) is 0. The van der Waals surface area contributed by atoms with Gasteiger partial charge in [0.1, 0.15) is 0 Å². The van der Waals surface area contributed by atoms with Crippen LogP contribution in [0.5, 0.6) is 0 Å². The molecule has 0 aliphatic carbocycles. The lowest BCUT2D eigenvalue weighted by atomic mass is 9.84. The Morgan fingerprint density at radius 3 is 2.06 bits per heavy atom. The number of amides is 1. The molecule has 1 amide bonds. The summed E-state index contributed by atoms with van der Waals surface area (Å²) < 4.78 is 0.815. The number of hydrogen-bond acceptors (Lipinski definition) is 2. The Labute approximate surface area is 112 Å². The highest BCUT2D eigenvalue weighted by Gasteiger charge is 2.21. The van der Waals surface area contributed by atoms with Crippen molar-refractivity contribution in [1.29, 1.82) is 0 Å². The Kier molecular flexibility index (Phi) is 5.69. The van der Waals surface area contributed by atoms with Crippen molar-refractivity contribution in [2.45, 2.75) is 40.0 Å². The van der Waals surface area contributed by atoms with E-state index in [1.54, 1.807) is 6.07 Å². The van der Waals surface area contributed by atoms with Gasteiger partial charge in [-0.3, -0.25) is 4.79 Å². The smallest absolute Gasteiger partial charge is 0.250 e. The predicted molar refractivity (Wildman–Crippen MR) is 77.1 cm³/mol. The summed E-state index contributed by atoms with van der Waals surface area (Å²) in [4.78, 5) is 11.2. The monoisotopic (exact) mass is 300 g/mol. The molecule has 0 radical (unpaired) electrons. The van der Waals surface area contributed by atoms with Crippen LogP contribution in [0.2, 0.25) is 0 Å². The minimum atomic E-state index is -0.501. The molecular formula is C13H21BrN2O. The van der Waals surface area contributed by atoms with Gasteiger partial charge in [-0.25, -0.2) is 0 Å². The molecule has 3 nitrogen and oxygen atoms in total. The SMILES string of the molecule is CC.CC(C)(C)c1cc(Br)cc(C(N)=O)c1N. The van der Waals surface area contributed by atoms with Gasteiger partial charge < -0.3 is 11.5 Å².